The van der Waals surface area contributed by atoms with Crippen LogP contribution in [-0.2, 0) is 4.57 Å². The van der Waals surface area contributed by atoms with Gasteiger partial charge in [0.1, 0.15) is 11.1 Å². The summed E-state index contributed by atoms with van der Waals surface area (Å²) in [6, 6.07) is 3.59. The fourth-order valence-corrected chi connectivity index (χ4v) is 1.28. The van der Waals surface area contributed by atoms with E-state index in [1.165, 1.54) is 6.07 Å². The van der Waals surface area contributed by atoms with Gasteiger partial charge in [-0.05, 0) is 12.1 Å². The van der Waals surface area contributed by atoms with Crippen molar-refractivity contribution in [3.8, 4) is 5.75 Å². The molecule has 0 spiro atoms. The second-order valence-corrected chi connectivity index (χ2v) is 2.79. The largest absolute Gasteiger partial charge is 0.478 e. The van der Waals surface area contributed by atoms with Crippen LogP contribution in [0.15, 0.2) is 18.2 Å². The summed E-state index contributed by atoms with van der Waals surface area (Å²) in [5.41, 5.74) is -0.698. The number of hydrogen-bond acceptors (Lipinski definition) is 4. The molecule has 1 aromatic rings. The molecule has 0 aliphatic heterocycles. The SMILES string of the molecule is O=POc1c(C(=O)O)cccc1C(=O)O. The summed E-state index contributed by atoms with van der Waals surface area (Å²) in [5, 5.41) is 17.4. The Morgan fingerprint density at radius 3 is 1.93 bits per heavy atom. The smallest absolute Gasteiger partial charge is 0.395 e. The molecular weight excluding hydrogens is 223 g/mol. The average Bonchev–Trinajstić information content (AvgIpc) is 2.17. The van der Waals surface area contributed by atoms with E-state index in [0.29, 0.717) is 0 Å². The highest BCUT2D eigenvalue weighted by atomic mass is 31.1. The van der Waals surface area contributed by atoms with Crippen molar-refractivity contribution in [3.63, 3.8) is 0 Å². The van der Waals surface area contributed by atoms with Gasteiger partial charge in [0, 0.05) is 0 Å². The summed E-state index contributed by atoms with van der Waals surface area (Å²) in [7, 11) is -0.811. The molecule has 0 bridgehead atoms. The zero-order valence-corrected chi connectivity index (χ0v) is 8.10. The molecule has 0 radical (unpaired) electrons. The topological polar surface area (TPSA) is 101 Å². The number of hydrogen-bond donors (Lipinski definition) is 2. The molecule has 1 aromatic carbocycles. The van der Waals surface area contributed by atoms with E-state index < -0.39 is 26.4 Å². The third-order valence-electron chi connectivity index (χ3n) is 1.60. The van der Waals surface area contributed by atoms with E-state index in [9.17, 15) is 14.2 Å². The maximum absolute atomic E-state index is 10.7. The van der Waals surface area contributed by atoms with E-state index in [1.54, 1.807) is 0 Å². The van der Waals surface area contributed by atoms with E-state index >= 15 is 0 Å². The van der Waals surface area contributed by atoms with Crippen molar-refractivity contribution in [2.45, 2.75) is 0 Å². The van der Waals surface area contributed by atoms with Crippen LogP contribution in [0.3, 0.4) is 0 Å². The molecule has 6 nitrogen and oxygen atoms in total. The van der Waals surface area contributed by atoms with Crippen LogP contribution in [0.2, 0.25) is 0 Å². The van der Waals surface area contributed by atoms with Crippen LogP contribution in [0.1, 0.15) is 20.7 Å². The minimum absolute atomic E-state index is 0.349. The third-order valence-corrected chi connectivity index (χ3v) is 1.86. The number of aromatic carboxylic acids is 2. The van der Waals surface area contributed by atoms with Crippen LogP contribution >= 0.6 is 8.69 Å². The molecule has 0 aromatic heterocycles. The van der Waals surface area contributed by atoms with E-state index in [4.69, 9.17) is 10.2 Å². The predicted octanol–water partition coefficient (Wildman–Crippen LogP) is 1.67. The molecular formula is C8H5O6P. The van der Waals surface area contributed by atoms with Gasteiger partial charge in [0.05, 0.1) is 0 Å². The molecule has 0 amide bonds. The third kappa shape index (κ3) is 2.30. The second-order valence-electron chi connectivity index (χ2n) is 2.46. The van der Waals surface area contributed by atoms with Crippen molar-refractivity contribution in [1.82, 2.24) is 0 Å². The van der Waals surface area contributed by atoms with Gasteiger partial charge in [0.15, 0.2) is 5.75 Å². The maximum atomic E-state index is 10.7. The first-order valence-electron chi connectivity index (χ1n) is 3.67. The summed E-state index contributed by atoms with van der Waals surface area (Å²) >= 11 is 0. The Labute approximate surface area is 85.4 Å². The maximum Gasteiger partial charge on any atom is 0.395 e. The van der Waals surface area contributed by atoms with Gasteiger partial charge in [0.25, 0.3) is 0 Å². The standard InChI is InChI=1S/C8H5O6P/c9-7(10)4-2-1-3-5(8(11)12)6(4)14-15-13/h1-3H,(H,9,10)(H,11,12). The molecule has 0 aliphatic rings. The highest BCUT2D eigenvalue weighted by molar-refractivity contribution is 7.17. The zero-order valence-electron chi connectivity index (χ0n) is 7.21. The molecule has 78 valence electrons. The lowest BCUT2D eigenvalue weighted by molar-refractivity contribution is 0.0694. The number of rotatable bonds is 4. The van der Waals surface area contributed by atoms with Crippen molar-refractivity contribution in [3.05, 3.63) is 29.3 Å². The van der Waals surface area contributed by atoms with Crippen LogP contribution in [0.25, 0.3) is 0 Å². The Bertz CT molecular complexity index is 395. The second kappa shape index (κ2) is 4.52. The van der Waals surface area contributed by atoms with Gasteiger partial charge >= 0.3 is 20.6 Å². The van der Waals surface area contributed by atoms with Gasteiger partial charge in [-0.25, -0.2) is 14.2 Å². The molecule has 0 fully saturated rings. The first-order chi connectivity index (χ1) is 7.07. The minimum atomic E-state index is -1.35. The fourth-order valence-electron chi connectivity index (χ4n) is 1.01. The van der Waals surface area contributed by atoms with E-state index in [2.05, 4.69) is 4.52 Å². The average molecular weight is 228 g/mol. The van der Waals surface area contributed by atoms with Crippen molar-refractivity contribution in [2.24, 2.45) is 0 Å². The van der Waals surface area contributed by atoms with E-state index in [1.807, 2.05) is 0 Å². The monoisotopic (exact) mass is 228 g/mol. The summed E-state index contributed by atoms with van der Waals surface area (Å²) in [5.74, 6) is -3.12. The molecule has 2 N–H and O–H groups in total. The molecule has 7 heteroatoms. The summed E-state index contributed by atoms with van der Waals surface area (Å²) in [6.45, 7) is 0. The van der Waals surface area contributed by atoms with Gasteiger partial charge < -0.3 is 14.7 Å². The summed E-state index contributed by atoms with van der Waals surface area (Å²) in [6.07, 6.45) is 0. The molecule has 0 heterocycles. The molecule has 1 rings (SSSR count). The Morgan fingerprint density at radius 1 is 1.13 bits per heavy atom. The number of carbonyl (C=O) groups is 2. The summed E-state index contributed by atoms with van der Waals surface area (Å²) < 4.78 is 14.7. The lowest BCUT2D eigenvalue weighted by Crippen LogP contribution is -2.05. The van der Waals surface area contributed by atoms with Crippen molar-refractivity contribution >= 4 is 20.6 Å². The van der Waals surface area contributed by atoms with Crippen LogP contribution in [0.5, 0.6) is 5.75 Å². The van der Waals surface area contributed by atoms with E-state index in [-0.39, 0.29) is 11.1 Å². The van der Waals surface area contributed by atoms with Gasteiger partial charge in [-0.1, -0.05) is 6.07 Å². The Hall–Kier alpha value is -1.94. The van der Waals surface area contributed by atoms with Crippen molar-refractivity contribution in [1.29, 1.82) is 0 Å². The Morgan fingerprint density at radius 2 is 1.60 bits per heavy atom. The highest BCUT2D eigenvalue weighted by Gasteiger charge is 2.19. The van der Waals surface area contributed by atoms with Crippen LogP contribution in [0, 0.1) is 0 Å². The number of carboxylic acid groups (broad SMARTS) is 2. The number of benzene rings is 1. The van der Waals surface area contributed by atoms with Crippen LogP contribution < -0.4 is 4.52 Å². The van der Waals surface area contributed by atoms with Crippen LogP contribution in [-0.4, -0.2) is 22.2 Å². The van der Waals surface area contributed by atoms with Crippen molar-refractivity contribution in [2.75, 3.05) is 0 Å². The number of para-hydroxylation sites is 1. The molecule has 15 heavy (non-hydrogen) atoms. The molecule has 0 unspecified atom stereocenters. The highest BCUT2D eigenvalue weighted by Crippen LogP contribution is 2.26. The lowest BCUT2D eigenvalue weighted by Gasteiger charge is -2.05. The first kappa shape index (κ1) is 11.1. The van der Waals surface area contributed by atoms with Crippen LogP contribution in [0.4, 0.5) is 0 Å². The normalized spacial score (nSPS) is 9.87. The lowest BCUT2D eigenvalue weighted by atomic mass is 10.1. The number of carboxylic acids is 2. The van der Waals surface area contributed by atoms with E-state index in [0.717, 1.165) is 12.1 Å². The molecule has 0 saturated heterocycles. The molecule has 0 saturated carbocycles. The predicted molar refractivity (Wildman–Crippen MR) is 48.6 cm³/mol. The fraction of sp³-hybridized carbons (Fsp3) is 0. The quantitative estimate of drug-likeness (QED) is 0.760. The van der Waals surface area contributed by atoms with Gasteiger partial charge in [-0.15, -0.1) is 0 Å². The first-order valence-corrected chi connectivity index (χ1v) is 4.40. The Kier molecular flexibility index (Phi) is 3.36. The zero-order chi connectivity index (χ0) is 11.4. The van der Waals surface area contributed by atoms with Crippen molar-refractivity contribution < 1.29 is 28.9 Å². The Balaban J connectivity index is 3.40. The minimum Gasteiger partial charge on any atom is -0.478 e. The van der Waals surface area contributed by atoms with Gasteiger partial charge in [0.2, 0.25) is 0 Å². The van der Waals surface area contributed by atoms with Gasteiger partial charge in [-0.2, -0.15) is 0 Å². The molecule has 0 aliphatic carbocycles. The molecule has 0 atom stereocenters. The van der Waals surface area contributed by atoms with Gasteiger partial charge in [-0.3, -0.25) is 0 Å². The summed E-state index contributed by atoms with van der Waals surface area (Å²) in [4.78, 5) is 21.4.